The van der Waals surface area contributed by atoms with Crippen molar-refractivity contribution < 1.29 is 13.2 Å². The Kier molecular flexibility index (Phi) is 4.70. The molecule has 0 aliphatic heterocycles. The fourth-order valence-electron chi connectivity index (χ4n) is 2.00. The van der Waals surface area contributed by atoms with Gasteiger partial charge in [0.15, 0.2) is 11.6 Å². The summed E-state index contributed by atoms with van der Waals surface area (Å²) in [5.41, 5.74) is 0.0473. The topological polar surface area (TPSA) is 29.9 Å². The van der Waals surface area contributed by atoms with Gasteiger partial charge in [0.1, 0.15) is 17.3 Å². The van der Waals surface area contributed by atoms with Crippen LogP contribution in [0.15, 0.2) is 12.1 Å². The molecule has 0 bridgehead atoms. The summed E-state index contributed by atoms with van der Waals surface area (Å²) in [6.45, 7) is 7.63. The van der Waals surface area contributed by atoms with Crippen LogP contribution >= 0.6 is 11.6 Å². The van der Waals surface area contributed by atoms with Gasteiger partial charge in [-0.3, -0.25) is 4.57 Å². The van der Waals surface area contributed by atoms with Gasteiger partial charge in [0.2, 0.25) is 5.28 Å². The predicted molar refractivity (Wildman–Crippen MR) is 81.1 cm³/mol. The molecule has 0 aliphatic rings. The fraction of sp³-hybridized carbons (Fsp3) is 0.400. The highest BCUT2D eigenvalue weighted by atomic mass is 35.5. The number of aromatic nitrogens is 2. The van der Waals surface area contributed by atoms with Crippen molar-refractivity contribution in [3.63, 3.8) is 0 Å². The Morgan fingerprint density at radius 3 is 2.18 bits per heavy atom. The van der Waals surface area contributed by atoms with Crippen molar-refractivity contribution in [2.24, 2.45) is 5.92 Å². The van der Waals surface area contributed by atoms with Crippen molar-refractivity contribution in [3.8, 4) is 5.69 Å². The highest BCUT2D eigenvalue weighted by Crippen LogP contribution is 2.30. The molecule has 0 saturated carbocycles. The lowest BCUT2D eigenvalue weighted by Crippen LogP contribution is -2.24. The summed E-state index contributed by atoms with van der Waals surface area (Å²) in [7, 11) is 0. The van der Waals surface area contributed by atoms with Crippen LogP contribution in [-0.4, -0.2) is 15.6 Å². The number of rotatable bonds is 4. The molecule has 120 valence electrons. The predicted octanol–water partition coefficient (Wildman–Crippen LogP) is 4.71. The number of hydrogen-bond acceptors (Lipinski definition) is 2. The molecule has 22 heavy (non-hydrogen) atoms. The summed E-state index contributed by atoms with van der Waals surface area (Å²) in [5, 5.41) is 3.06. The molecule has 0 radical (unpaired) electrons. The van der Waals surface area contributed by atoms with Crippen LogP contribution in [0.25, 0.3) is 5.69 Å². The smallest absolute Gasteiger partial charge is 0.209 e. The molecule has 2 aromatic rings. The molecule has 0 saturated heterocycles. The first kappa shape index (κ1) is 16.7. The summed E-state index contributed by atoms with van der Waals surface area (Å²) in [5.74, 6) is -2.41. The molecule has 1 aromatic heterocycles. The van der Waals surface area contributed by atoms with Gasteiger partial charge in [0, 0.05) is 18.2 Å². The van der Waals surface area contributed by atoms with E-state index in [9.17, 15) is 13.2 Å². The lowest BCUT2D eigenvalue weighted by Gasteiger charge is -2.21. The minimum absolute atomic E-state index is 0.0248. The van der Waals surface area contributed by atoms with E-state index in [1.165, 1.54) is 0 Å². The molecule has 1 heterocycles. The van der Waals surface area contributed by atoms with E-state index in [1.807, 2.05) is 20.8 Å². The van der Waals surface area contributed by atoms with Gasteiger partial charge in [0.25, 0.3) is 0 Å². The largest absolute Gasteiger partial charge is 0.367 e. The van der Waals surface area contributed by atoms with Crippen molar-refractivity contribution in [1.29, 1.82) is 0 Å². The van der Waals surface area contributed by atoms with E-state index in [1.54, 1.807) is 6.92 Å². The Bertz CT molecular complexity index is 675. The van der Waals surface area contributed by atoms with Crippen LogP contribution in [0.1, 0.15) is 26.5 Å². The van der Waals surface area contributed by atoms with Gasteiger partial charge in [-0.25, -0.2) is 18.2 Å². The molecule has 1 unspecified atom stereocenters. The number of imidazole rings is 1. The van der Waals surface area contributed by atoms with E-state index >= 15 is 0 Å². The Hall–Kier alpha value is -1.69. The van der Waals surface area contributed by atoms with Crippen LogP contribution in [0.3, 0.4) is 0 Å². The van der Waals surface area contributed by atoms with E-state index in [4.69, 9.17) is 11.6 Å². The number of anilines is 1. The van der Waals surface area contributed by atoms with Crippen LogP contribution in [-0.2, 0) is 0 Å². The van der Waals surface area contributed by atoms with Crippen molar-refractivity contribution in [3.05, 3.63) is 40.6 Å². The second kappa shape index (κ2) is 6.20. The molecule has 7 heteroatoms. The molecule has 1 aromatic carbocycles. The molecule has 2 rings (SSSR count). The third kappa shape index (κ3) is 3.06. The SMILES string of the molecule is Cc1nc(Cl)n(-c2c(F)cc(F)cc2F)c1NC(C)C(C)C. The van der Waals surface area contributed by atoms with Crippen molar-refractivity contribution in [2.75, 3.05) is 5.32 Å². The summed E-state index contributed by atoms with van der Waals surface area (Å²) in [4.78, 5) is 4.04. The quantitative estimate of drug-likeness (QED) is 0.879. The van der Waals surface area contributed by atoms with E-state index in [2.05, 4.69) is 10.3 Å². The molecule has 1 atom stereocenters. The summed E-state index contributed by atoms with van der Waals surface area (Å²) < 4.78 is 42.3. The molecular formula is C15H17ClF3N3. The second-order valence-electron chi connectivity index (χ2n) is 5.55. The first-order valence-corrected chi connectivity index (χ1v) is 7.26. The first-order chi connectivity index (χ1) is 10.2. The average Bonchev–Trinajstić information content (AvgIpc) is 2.64. The summed E-state index contributed by atoms with van der Waals surface area (Å²) >= 11 is 6.02. The number of nitrogens with zero attached hydrogens (tertiary/aromatic N) is 2. The number of nitrogens with one attached hydrogen (secondary N) is 1. The van der Waals surface area contributed by atoms with E-state index in [-0.39, 0.29) is 17.2 Å². The maximum atomic E-state index is 14.0. The summed E-state index contributed by atoms with van der Waals surface area (Å²) in [6, 6.07) is 1.25. The van der Waals surface area contributed by atoms with Gasteiger partial charge in [-0.05, 0) is 31.4 Å². The second-order valence-corrected chi connectivity index (χ2v) is 5.88. The zero-order valence-electron chi connectivity index (χ0n) is 12.7. The Balaban J connectivity index is 2.61. The van der Waals surface area contributed by atoms with Gasteiger partial charge in [-0.2, -0.15) is 0 Å². The monoisotopic (exact) mass is 331 g/mol. The van der Waals surface area contributed by atoms with Crippen LogP contribution < -0.4 is 5.32 Å². The Morgan fingerprint density at radius 2 is 1.68 bits per heavy atom. The van der Waals surface area contributed by atoms with E-state index < -0.39 is 23.1 Å². The zero-order chi connectivity index (χ0) is 16.6. The zero-order valence-corrected chi connectivity index (χ0v) is 13.5. The van der Waals surface area contributed by atoms with Crippen LogP contribution in [0, 0.1) is 30.3 Å². The van der Waals surface area contributed by atoms with Gasteiger partial charge in [-0.1, -0.05) is 13.8 Å². The lowest BCUT2D eigenvalue weighted by atomic mass is 10.1. The van der Waals surface area contributed by atoms with E-state index in [0.29, 0.717) is 23.6 Å². The molecule has 0 amide bonds. The standard InChI is InChI=1S/C15H17ClF3N3/c1-7(2)8(3)20-14-9(4)21-15(16)22(14)13-11(18)5-10(17)6-12(13)19/h5-8,20H,1-4H3. The fourth-order valence-corrected chi connectivity index (χ4v) is 2.29. The van der Waals surface area contributed by atoms with E-state index in [0.717, 1.165) is 4.57 Å². The molecule has 1 N–H and O–H groups in total. The van der Waals surface area contributed by atoms with Crippen molar-refractivity contribution in [1.82, 2.24) is 9.55 Å². The third-order valence-corrected chi connectivity index (χ3v) is 3.83. The molecule has 0 aliphatic carbocycles. The number of benzene rings is 1. The molecule has 3 nitrogen and oxygen atoms in total. The van der Waals surface area contributed by atoms with Crippen molar-refractivity contribution >= 4 is 17.4 Å². The molecule has 0 spiro atoms. The molecular weight excluding hydrogens is 315 g/mol. The normalized spacial score (nSPS) is 12.8. The number of aryl methyl sites for hydroxylation is 1. The van der Waals surface area contributed by atoms with Crippen LogP contribution in [0.2, 0.25) is 5.28 Å². The van der Waals surface area contributed by atoms with Gasteiger partial charge < -0.3 is 5.32 Å². The first-order valence-electron chi connectivity index (χ1n) is 6.88. The minimum atomic E-state index is -1.04. The van der Waals surface area contributed by atoms with Crippen molar-refractivity contribution in [2.45, 2.75) is 33.7 Å². The highest BCUT2D eigenvalue weighted by molar-refractivity contribution is 6.29. The van der Waals surface area contributed by atoms with Gasteiger partial charge in [-0.15, -0.1) is 0 Å². The number of hydrogen-bond donors (Lipinski definition) is 1. The minimum Gasteiger partial charge on any atom is -0.367 e. The summed E-state index contributed by atoms with van der Waals surface area (Å²) in [6.07, 6.45) is 0. The van der Waals surface area contributed by atoms with Crippen LogP contribution in [0.4, 0.5) is 19.0 Å². The molecule has 0 fully saturated rings. The highest BCUT2D eigenvalue weighted by Gasteiger charge is 2.23. The maximum absolute atomic E-state index is 14.0. The lowest BCUT2D eigenvalue weighted by molar-refractivity contribution is 0.531. The third-order valence-electron chi connectivity index (χ3n) is 3.58. The maximum Gasteiger partial charge on any atom is 0.209 e. The van der Waals surface area contributed by atoms with Gasteiger partial charge >= 0.3 is 0 Å². The Morgan fingerprint density at radius 1 is 1.14 bits per heavy atom. The Labute approximate surface area is 132 Å². The number of halogens is 4. The average molecular weight is 332 g/mol. The van der Waals surface area contributed by atoms with Gasteiger partial charge in [0.05, 0.1) is 5.69 Å². The van der Waals surface area contributed by atoms with Crippen LogP contribution in [0.5, 0.6) is 0 Å².